The van der Waals surface area contributed by atoms with Crippen LogP contribution in [0.15, 0.2) is 57.1 Å². The summed E-state index contributed by atoms with van der Waals surface area (Å²) in [6, 6.07) is 7.90. The maximum atomic E-state index is 14.1. The molecule has 2 aliphatic rings. The third-order valence-electron chi connectivity index (χ3n) is 7.54. The van der Waals surface area contributed by atoms with E-state index in [0.29, 0.717) is 5.58 Å². The molecule has 2 heterocycles. The number of allylic oxidation sites excluding steroid dienone is 1. The van der Waals surface area contributed by atoms with E-state index in [9.17, 15) is 24.3 Å². The molecule has 0 bridgehead atoms. The molecule has 0 fully saturated rings. The van der Waals surface area contributed by atoms with Crippen molar-refractivity contribution >= 4 is 40.1 Å². The van der Waals surface area contributed by atoms with Crippen LogP contribution in [0, 0.1) is 5.92 Å². The summed E-state index contributed by atoms with van der Waals surface area (Å²) in [5.41, 5.74) is -2.71. The van der Waals surface area contributed by atoms with Crippen LogP contribution in [0.4, 0.5) is 0 Å². The highest BCUT2D eigenvalue weighted by Gasteiger charge is 2.61. The van der Waals surface area contributed by atoms with Crippen molar-refractivity contribution in [1.82, 2.24) is 0 Å². The van der Waals surface area contributed by atoms with Crippen LogP contribution in [0.5, 0.6) is 17.2 Å². The van der Waals surface area contributed by atoms with Gasteiger partial charge >= 0.3 is 5.97 Å². The molecule has 0 radical (unpaired) electrons. The van der Waals surface area contributed by atoms with E-state index in [2.05, 4.69) is 0 Å². The molecular weight excluding hydrogens is 544 g/mol. The highest BCUT2D eigenvalue weighted by Crippen LogP contribution is 2.55. The molecule has 1 aliphatic heterocycles. The highest BCUT2D eigenvalue weighted by molar-refractivity contribution is 6.35. The van der Waals surface area contributed by atoms with Gasteiger partial charge in [0.2, 0.25) is 11.4 Å². The van der Waals surface area contributed by atoms with E-state index in [-0.39, 0.29) is 50.8 Å². The maximum absolute atomic E-state index is 14.1. The number of Topliss-reactive ketones (excluding diaryl/α,β-unsaturated/α-hetero) is 2. The van der Waals surface area contributed by atoms with Gasteiger partial charge in [0.05, 0.1) is 39.4 Å². The number of aliphatic hydroxyl groups excluding tert-OH is 1. The van der Waals surface area contributed by atoms with E-state index in [1.807, 2.05) is 0 Å². The fraction of sp³-hybridized carbons (Fsp3) is 0.310. The van der Waals surface area contributed by atoms with Crippen LogP contribution in [0.1, 0.15) is 41.6 Å². The average molecular weight is 569 g/mol. The molecule has 0 saturated heterocycles. The Kier molecular flexibility index (Phi) is 6.83. The number of para-hydroxylation sites is 1. The quantitative estimate of drug-likeness (QED) is 0.421. The smallest absolute Gasteiger partial charge is 0.306 e. The van der Waals surface area contributed by atoms with E-state index in [1.165, 1.54) is 20.3 Å². The van der Waals surface area contributed by atoms with Crippen molar-refractivity contribution < 1.29 is 42.9 Å². The van der Waals surface area contributed by atoms with Crippen molar-refractivity contribution in [1.29, 1.82) is 0 Å². The Balaban J connectivity index is 1.76. The van der Waals surface area contributed by atoms with E-state index in [0.717, 1.165) is 13.4 Å². The van der Waals surface area contributed by atoms with Gasteiger partial charge in [-0.25, -0.2) is 0 Å². The third-order valence-corrected chi connectivity index (χ3v) is 7.90. The Hall–Kier alpha value is -4.31. The summed E-state index contributed by atoms with van der Waals surface area (Å²) in [4.78, 5) is 53.7. The Bertz CT molecular complexity index is 1670. The molecule has 1 N–H and O–H groups in total. The predicted octanol–water partition coefficient (Wildman–Crippen LogP) is 4.55. The number of carbonyl (C=O) groups excluding carboxylic acids is 3. The number of benzene rings is 2. The van der Waals surface area contributed by atoms with Crippen molar-refractivity contribution in [3.05, 3.63) is 74.3 Å². The Morgan fingerprint density at radius 3 is 2.52 bits per heavy atom. The normalized spacial score (nSPS) is 20.9. The van der Waals surface area contributed by atoms with E-state index < -0.39 is 52.6 Å². The van der Waals surface area contributed by atoms with Gasteiger partial charge in [0, 0.05) is 35.5 Å². The molecule has 40 heavy (non-hydrogen) atoms. The lowest BCUT2D eigenvalue weighted by atomic mass is 9.69. The van der Waals surface area contributed by atoms with Crippen LogP contribution in [0.2, 0.25) is 5.02 Å². The minimum absolute atomic E-state index is 0.0248. The summed E-state index contributed by atoms with van der Waals surface area (Å²) in [5.74, 6) is -4.73. The second-order valence-corrected chi connectivity index (χ2v) is 9.98. The van der Waals surface area contributed by atoms with Crippen molar-refractivity contribution in [2.45, 2.75) is 31.3 Å². The first-order valence-corrected chi connectivity index (χ1v) is 12.7. The van der Waals surface area contributed by atoms with E-state index >= 15 is 0 Å². The third kappa shape index (κ3) is 3.85. The number of methoxy groups -OCH3 is 3. The first-order chi connectivity index (χ1) is 19.1. The fourth-order valence-corrected chi connectivity index (χ4v) is 5.75. The zero-order chi connectivity index (χ0) is 28.9. The topological polar surface area (TPSA) is 139 Å². The van der Waals surface area contributed by atoms with Gasteiger partial charge in [0.1, 0.15) is 27.7 Å². The average Bonchev–Trinajstić information content (AvgIpc) is 3.26. The molecule has 1 aliphatic carbocycles. The molecular formula is C29H25ClO10. The zero-order valence-corrected chi connectivity index (χ0v) is 22.8. The highest BCUT2D eigenvalue weighted by atomic mass is 35.5. The van der Waals surface area contributed by atoms with Crippen LogP contribution >= 0.6 is 11.6 Å². The van der Waals surface area contributed by atoms with Crippen molar-refractivity contribution in [2.24, 2.45) is 5.92 Å². The Labute approximate surface area is 233 Å². The van der Waals surface area contributed by atoms with E-state index in [4.69, 9.17) is 35.0 Å². The number of hydrogen-bond donors (Lipinski definition) is 1. The fourth-order valence-electron chi connectivity index (χ4n) is 5.49. The lowest BCUT2D eigenvalue weighted by Gasteiger charge is -2.38. The lowest BCUT2D eigenvalue weighted by molar-refractivity contribution is -0.140. The maximum Gasteiger partial charge on any atom is 0.306 e. The number of halogens is 1. The van der Waals surface area contributed by atoms with Crippen molar-refractivity contribution in [3.63, 3.8) is 0 Å². The summed E-state index contributed by atoms with van der Waals surface area (Å²) in [7, 11) is 3.88. The Morgan fingerprint density at radius 1 is 1.15 bits per heavy atom. The molecule has 208 valence electrons. The number of hydrogen-bond acceptors (Lipinski definition) is 10. The minimum Gasteiger partial charge on any atom is -0.507 e. The van der Waals surface area contributed by atoms with Crippen LogP contribution in [0.25, 0.3) is 11.0 Å². The molecule has 11 heteroatoms. The van der Waals surface area contributed by atoms with Crippen LogP contribution in [-0.4, -0.2) is 49.6 Å². The molecule has 10 nitrogen and oxygen atoms in total. The van der Waals surface area contributed by atoms with Gasteiger partial charge in [-0.2, -0.15) is 0 Å². The second-order valence-electron chi connectivity index (χ2n) is 9.61. The van der Waals surface area contributed by atoms with Gasteiger partial charge in [0.25, 0.3) is 0 Å². The molecule has 1 unspecified atom stereocenters. The van der Waals surface area contributed by atoms with Crippen LogP contribution in [-0.2, 0) is 14.3 Å². The number of rotatable bonds is 6. The molecule has 1 spiro atoms. The summed E-state index contributed by atoms with van der Waals surface area (Å²) in [6.07, 6.45) is 0.411. The largest absolute Gasteiger partial charge is 0.507 e. The second kappa shape index (κ2) is 10.0. The standard InChI is InChI=1S/C29H25ClO10/c1-13-9-17(31)22(15(10-21(32)38-4)16-12-39-18-8-6-5-7-14(18)25(16)33)27(34)29(13)28(35)23-19(36-2)11-20(37-3)24(30)26(23)40-29/h5-8,11-13,15,34H,9-10H2,1-4H3/t13-,15?,29+/m1/s1. The molecule has 1 aromatic heterocycles. The molecule has 0 amide bonds. The SMILES string of the molecule is COC(=O)CC(C1=C(O)[C@@]2(Oc3c(Cl)c(OC)cc(OC)c3C2=O)[C@H](C)CC1=O)c1coc2ccccc2c1=O. The van der Waals surface area contributed by atoms with Gasteiger partial charge in [-0.15, -0.1) is 0 Å². The summed E-state index contributed by atoms with van der Waals surface area (Å²) in [5, 5.41) is 12.0. The number of ketones is 2. The molecule has 0 saturated carbocycles. The molecule has 2 aromatic carbocycles. The summed E-state index contributed by atoms with van der Waals surface area (Å²) in [6.45, 7) is 1.58. The summed E-state index contributed by atoms with van der Waals surface area (Å²) < 4.78 is 27.3. The van der Waals surface area contributed by atoms with Crippen molar-refractivity contribution in [3.8, 4) is 17.2 Å². The van der Waals surface area contributed by atoms with Gasteiger partial charge < -0.3 is 28.5 Å². The first kappa shape index (κ1) is 27.3. The number of aliphatic hydroxyl groups is 1. The lowest BCUT2D eigenvalue weighted by Crippen LogP contribution is -2.53. The molecule has 3 aromatic rings. The van der Waals surface area contributed by atoms with Crippen LogP contribution in [0.3, 0.4) is 0 Å². The van der Waals surface area contributed by atoms with Gasteiger partial charge in [-0.3, -0.25) is 19.2 Å². The minimum atomic E-state index is -2.08. The van der Waals surface area contributed by atoms with Gasteiger partial charge in [0.15, 0.2) is 22.7 Å². The first-order valence-electron chi connectivity index (χ1n) is 12.3. The van der Waals surface area contributed by atoms with Crippen LogP contribution < -0.4 is 19.6 Å². The predicted molar refractivity (Wildman–Crippen MR) is 143 cm³/mol. The van der Waals surface area contributed by atoms with Gasteiger partial charge in [-0.05, 0) is 12.1 Å². The number of fused-ring (bicyclic) bond motifs is 2. The molecule has 3 atom stereocenters. The number of carbonyl (C=O) groups is 3. The van der Waals surface area contributed by atoms with E-state index in [1.54, 1.807) is 31.2 Å². The summed E-state index contributed by atoms with van der Waals surface area (Å²) >= 11 is 6.50. The Morgan fingerprint density at radius 2 is 1.85 bits per heavy atom. The monoisotopic (exact) mass is 568 g/mol. The van der Waals surface area contributed by atoms with Gasteiger partial charge in [-0.1, -0.05) is 30.7 Å². The molecule has 5 rings (SSSR count). The number of ether oxygens (including phenoxy) is 4. The number of esters is 1. The zero-order valence-electron chi connectivity index (χ0n) is 22.0. The van der Waals surface area contributed by atoms with Crippen molar-refractivity contribution in [2.75, 3.05) is 21.3 Å².